The van der Waals surface area contributed by atoms with Crippen molar-refractivity contribution in [2.75, 3.05) is 12.4 Å². The maximum atomic E-state index is 6.03. The first-order chi connectivity index (χ1) is 9.86. The molecule has 0 spiro atoms. The lowest BCUT2D eigenvalue weighted by Crippen LogP contribution is -2.13. The molecule has 21 heavy (non-hydrogen) atoms. The summed E-state index contributed by atoms with van der Waals surface area (Å²) >= 11 is 13.5. The molecule has 0 unspecified atom stereocenters. The van der Waals surface area contributed by atoms with E-state index in [0.717, 1.165) is 16.7 Å². The largest absolute Gasteiger partial charge is 0.491 e. The van der Waals surface area contributed by atoms with Crippen molar-refractivity contribution in [1.82, 2.24) is 15.2 Å². The molecule has 0 aliphatic heterocycles. The van der Waals surface area contributed by atoms with Crippen LogP contribution in [0.1, 0.15) is 26.6 Å². The van der Waals surface area contributed by atoms with Gasteiger partial charge in [-0.3, -0.25) is 5.10 Å². The van der Waals surface area contributed by atoms with Gasteiger partial charge in [0, 0.05) is 22.3 Å². The van der Waals surface area contributed by atoms with Crippen molar-refractivity contribution < 1.29 is 4.74 Å². The lowest BCUT2D eigenvalue weighted by molar-refractivity contribution is 0.344. The molecule has 1 aromatic carbocycles. The second-order valence-corrected chi connectivity index (χ2v) is 7.39. The molecule has 1 N–H and O–H groups in total. The molecule has 1 aromatic heterocycles. The van der Waals surface area contributed by atoms with E-state index < -0.39 is 0 Å². The van der Waals surface area contributed by atoms with Gasteiger partial charge in [0.15, 0.2) is 0 Å². The summed E-state index contributed by atoms with van der Waals surface area (Å²) in [5, 5.41) is 9.02. The van der Waals surface area contributed by atoms with Crippen LogP contribution in [0.5, 0.6) is 5.75 Å². The zero-order valence-electron chi connectivity index (χ0n) is 12.1. The first-order valence-electron chi connectivity index (χ1n) is 6.50. The Labute approximate surface area is 138 Å². The average molecular weight is 346 g/mol. The first-order valence-corrected chi connectivity index (χ1v) is 8.24. The SMILES string of the molecule is CC(C)(C)c1nc(SCCOc2cc(Cl)ccc2Cl)n[nH]1. The Morgan fingerprint density at radius 3 is 2.71 bits per heavy atom. The number of nitrogens with one attached hydrogen (secondary N) is 1. The summed E-state index contributed by atoms with van der Waals surface area (Å²) in [6.07, 6.45) is 0. The lowest BCUT2D eigenvalue weighted by Gasteiger charge is -2.12. The Morgan fingerprint density at radius 1 is 1.29 bits per heavy atom. The Hall–Kier alpha value is -0.910. The number of aromatic nitrogens is 3. The van der Waals surface area contributed by atoms with Crippen molar-refractivity contribution in [3.05, 3.63) is 34.1 Å². The van der Waals surface area contributed by atoms with Gasteiger partial charge in [0.05, 0.1) is 11.6 Å². The summed E-state index contributed by atoms with van der Waals surface area (Å²) < 4.78 is 5.61. The highest BCUT2D eigenvalue weighted by Gasteiger charge is 2.18. The van der Waals surface area contributed by atoms with Gasteiger partial charge in [-0.15, -0.1) is 5.10 Å². The minimum atomic E-state index is -0.0311. The van der Waals surface area contributed by atoms with Crippen LogP contribution >= 0.6 is 35.0 Å². The summed E-state index contributed by atoms with van der Waals surface area (Å²) in [4.78, 5) is 4.45. The van der Waals surface area contributed by atoms with E-state index in [2.05, 4.69) is 36.0 Å². The minimum absolute atomic E-state index is 0.0311. The lowest BCUT2D eigenvalue weighted by atomic mass is 9.96. The normalized spacial score (nSPS) is 11.7. The Morgan fingerprint density at radius 2 is 2.05 bits per heavy atom. The number of H-pyrrole nitrogens is 1. The van der Waals surface area contributed by atoms with Gasteiger partial charge in [0.2, 0.25) is 5.16 Å². The number of hydrogen-bond donors (Lipinski definition) is 1. The van der Waals surface area contributed by atoms with Crippen LogP contribution in [-0.2, 0) is 5.41 Å². The Kier molecular flexibility index (Phi) is 5.41. The Bertz CT molecular complexity index is 611. The van der Waals surface area contributed by atoms with E-state index in [1.54, 1.807) is 18.2 Å². The van der Waals surface area contributed by atoms with E-state index in [1.165, 1.54) is 11.8 Å². The molecule has 1 heterocycles. The quantitative estimate of drug-likeness (QED) is 0.636. The van der Waals surface area contributed by atoms with Gasteiger partial charge in [-0.25, -0.2) is 4.98 Å². The van der Waals surface area contributed by atoms with Crippen LogP contribution in [0.3, 0.4) is 0 Å². The number of benzene rings is 1. The van der Waals surface area contributed by atoms with E-state index in [0.29, 0.717) is 22.4 Å². The number of ether oxygens (including phenoxy) is 1. The van der Waals surface area contributed by atoms with Crippen molar-refractivity contribution in [3.63, 3.8) is 0 Å². The van der Waals surface area contributed by atoms with Crippen LogP contribution in [0, 0.1) is 0 Å². The topological polar surface area (TPSA) is 50.8 Å². The number of halogens is 2. The number of hydrogen-bond acceptors (Lipinski definition) is 4. The summed E-state index contributed by atoms with van der Waals surface area (Å²) in [6.45, 7) is 6.77. The molecule has 0 aliphatic carbocycles. The molecule has 2 rings (SSSR count). The van der Waals surface area contributed by atoms with E-state index in [4.69, 9.17) is 27.9 Å². The monoisotopic (exact) mass is 345 g/mol. The fourth-order valence-electron chi connectivity index (χ4n) is 1.52. The molecule has 7 heteroatoms. The van der Waals surface area contributed by atoms with Crippen LogP contribution in [0.15, 0.2) is 23.4 Å². The molecule has 0 saturated carbocycles. The van der Waals surface area contributed by atoms with Gasteiger partial charge in [-0.05, 0) is 12.1 Å². The van der Waals surface area contributed by atoms with Crippen LogP contribution in [0.2, 0.25) is 10.0 Å². The zero-order chi connectivity index (χ0) is 15.5. The first kappa shape index (κ1) is 16.5. The van der Waals surface area contributed by atoms with Crippen molar-refractivity contribution in [1.29, 1.82) is 0 Å². The predicted octanol–water partition coefficient (Wildman–Crippen LogP) is 4.58. The third-order valence-corrected chi connectivity index (χ3v) is 4.00. The molecule has 2 aromatic rings. The van der Waals surface area contributed by atoms with E-state index >= 15 is 0 Å². The number of nitrogens with zero attached hydrogens (tertiary/aromatic N) is 2. The molecule has 0 saturated heterocycles. The molecule has 4 nitrogen and oxygen atoms in total. The molecule has 0 radical (unpaired) electrons. The molecule has 0 fully saturated rings. The summed E-state index contributed by atoms with van der Waals surface area (Å²) in [5.41, 5.74) is -0.0311. The van der Waals surface area contributed by atoms with E-state index in [1.807, 2.05) is 0 Å². The smallest absolute Gasteiger partial charge is 0.208 e. The fourth-order valence-corrected chi connectivity index (χ4v) is 2.47. The van der Waals surface area contributed by atoms with E-state index in [9.17, 15) is 0 Å². The third-order valence-electron chi connectivity index (χ3n) is 2.64. The fraction of sp³-hybridized carbons (Fsp3) is 0.429. The van der Waals surface area contributed by atoms with Crippen molar-refractivity contribution in [3.8, 4) is 5.75 Å². The third kappa shape index (κ3) is 4.80. The molecule has 0 bridgehead atoms. The average Bonchev–Trinajstić information content (AvgIpc) is 2.87. The maximum Gasteiger partial charge on any atom is 0.208 e. The Balaban J connectivity index is 1.82. The minimum Gasteiger partial charge on any atom is -0.491 e. The molecule has 0 aliphatic rings. The maximum absolute atomic E-state index is 6.03. The highest BCUT2D eigenvalue weighted by Crippen LogP contribution is 2.28. The summed E-state index contributed by atoms with van der Waals surface area (Å²) in [7, 11) is 0. The van der Waals surface area contributed by atoms with Crippen molar-refractivity contribution >= 4 is 35.0 Å². The van der Waals surface area contributed by atoms with Gasteiger partial charge in [-0.2, -0.15) is 0 Å². The highest BCUT2D eigenvalue weighted by atomic mass is 35.5. The van der Waals surface area contributed by atoms with Crippen molar-refractivity contribution in [2.45, 2.75) is 31.3 Å². The number of rotatable bonds is 5. The molecule has 0 atom stereocenters. The number of aromatic amines is 1. The standard InChI is InChI=1S/C14H17Cl2N3OS/c1-14(2,3)12-17-13(19-18-12)21-7-6-20-11-8-9(15)4-5-10(11)16/h4-5,8H,6-7H2,1-3H3,(H,17,18,19). The zero-order valence-corrected chi connectivity index (χ0v) is 14.4. The number of thioether (sulfide) groups is 1. The summed E-state index contributed by atoms with van der Waals surface area (Å²) in [5.74, 6) is 2.20. The summed E-state index contributed by atoms with van der Waals surface area (Å²) in [6, 6.07) is 5.16. The predicted molar refractivity (Wildman–Crippen MR) is 87.8 cm³/mol. The van der Waals surface area contributed by atoms with Crippen LogP contribution < -0.4 is 4.74 Å². The van der Waals surface area contributed by atoms with Gasteiger partial charge >= 0.3 is 0 Å². The molecular weight excluding hydrogens is 329 g/mol. The second kappa shape index (κ2) is 6.90. The van der Waals surface area contributed by atoms with Crippen LogP contribution in [-0.4, -0.2) is 27.5 Å². The van der Waals surface area contributed by atoms with Crippen molar-refractivity contribution in [2.24, 2.45) is 0 Å². The van der Waals surface area contributed by atoms with Gasteiger partial charge < -0.3 is 4.74 Å². The molecular formula is C14H17Cl2N3OS. The van der Waals surface area contributed by atoms with Gasteiger partial charge in [-0.1, -0.05) is 55.7 Å². The van der Waals surface area contributed by atoms with Gasteiger partial charge in [0.1, 0.15) is 11.6 Å². The highest BCUT2D eigenvalue weighted by molar-refractivity contribution is 7.99. The van der Waals surface area contributed by atoms with Crippen LogP contribution in [0.4, 0.5) is 0 Å². The molecule has 0 amide bonds. The van der Waals surface area contributed by atoms with Gasteiger partial charge in [0.25, 0.3) is 0 Å². The van der Waals surface area contributed by atoms with Crippen LogP contribution in [0.25, 0.3) is 0 Å². The second-order valence-electron chi connectivity index (χ2n) is 5.49. The molecule has 114 valence electrons. The van der Waals surface area contributed by atoms with E-state index in [-0.39, 0.29) is 5.41 Å².